The Morgan fingerprint density at radius 3 is 2.68 bits per heavy atom. The number of carbonyl (C=O) groups is 1. The third kappa shape index (κ3) is 3.33. The van der Waals surface area contributed by atoms with Crippen molar-refractivity contribution in [2.45, 2.75) is 38.7 Å². The smallest absolute Gasteiger partial charge is 0.191 e. The summed E-state index contributed by atoms with van der Waals surface area (Å²) in [7, 11) is 0. The van der Waals surface area contributed by atoms with Gasteiger partial charge < -0.3 is 5.11 Å². The number of ketones is 1. The molecule has 0 radical (unpaired) electrons. The molecule has 0 amide bonds. The van der Waals surface area contributed by atoms with Gasteiger partial charge in [-0.05, 0) is 67.0 Å². The predicted molar refractivity (Wildman–Crippen MR) is 117 cm³/mol. The number of benzene rings is 2. The van der Waals surface area contributed by atoms with E-state index < -0.39 is 6.10 Å². The number of carbonyl (C=O) groups excluding carboxylic acids is 1. The van der Waals surface area contributed by atoms with E-state index in [9.17, 15) is 14.3 Å². The Morgan fingerprint density at radius 2 is 1.94 bits per heavy atom. The van der Waals surface area contributed by atoms with Gasteiger partial charge in [-0.25, -0.2) is 9.07 Å². The highest BCUT2D eigenvalue weighted by Gasteiger charge is 2.47. The Labute approximate surface area is 181 Å². The van der Waals surface area contributed by atoms with Gasteiger partial charge in [0.2, 0.25) is 0 Å². The van der Waals surface area contributed by atoms with Crippen LogP contribution in [0.2, 0.25) is 0 Å². The van der Waals surface area contributed by atoms with Crippen LogP contribution in [0, 0.1) is 17.2 Å². The van der Waals surface area contributed by atoms with E-state index in [2.05, 4.69) is 18.1 Å². The molecule has 2 aliphatic carbocycles. The highest BCUT2D eigenvalue weighted by atomic mass is 19.1. The molecule has 31 heavy (non-hydrogen) atoms. The molecule has 1 saturated carbocycles. The average Bonchev–Trinajstić information content (AvgIpc) is 3.19. The molecule has 4 nitrogen and oxygen atoms in total. The van der Waals surface area contributed by atoms with E-state index in [4.69, 9.17) is 0 Å². The van der Waals surface area contributed by atoms with Crippen LogP contribution in [0.1, 0.15) is 47.8 Å². The van der Waals surface area contributed by atoms with E-state index in [1.165, 1.54) is 17.7 Å². The zero-order chi connectivity index (χ0) is 21.6. The summed E-state index contributed by atoms with van der Waals surface area (Å²) in [6.07, 6.45) is 6.40. The first-order chi connectivity index (χ1) is 15.0. The lowest BCUT2D eigenvalue weighted by Crippen LogP contribution is -2.46. The highest BCUT2D eigenvalue weighted by Crippen LogP contribution is 2.52. The third-order valence-electron chi connectivity index (χ3n) is 7.05. The second-order valence-corrected chi connectivity index (χ2v) is 8.88. The minimum Gasteiger partial charge on any atom is -0.385 e. The number of rotatable bonds is 4. The molecule has 0 bridgehead atoms. The summed E-state index contributed by atoms with van der Waals surface area (Å²) < 4.78 is 15.2. The molecule has 3 atom stereocenters. The molecular weight excluding hydrogens is 391 g/mol. The molecule has 1 N–H and O–H groups in total. The molecule has 5 rings (SSSR count). The summed E-state index contributed by atoms with van der Waals surface area (Å²) in [6, 6.07) is 15.4. The van der Waals surface area contributed by atoms with Crippen molar-refractivity contribution in [3.8, 4) is 5.69 Å². The largest absolute Gasteiger partial charge is 0.385 e. The summed E-state index contributed by atoms with van der Waals surface area (Å²) >= 11 is 0. The molecule has 3 aromatic rings. The Bertz CT molecular complexity index is 1150. The maximum absolute atomic E-state index is 13.4. The van der Waals surface area contributed by atoms with E-state index >= 15 is 0 Å². The van der Waals surface area contributed by atoms with Gasteiger partial charge in [-0.2, -0.15) is 5.10 Å². The van der Waals surface area contributed by atoms with Crippen LogP contribution in [0.25, 0.3) is 11.8 Å². The minimum atomic E-state index is -1.04. The fourth-order valence-electron chi connectivity index (χ4n) is 5.33. The first-order valence-electron chi connectivity index (χ1n) is 10.8. The second-order valence-electron chi connectivity index (χ2n) is 8.88. The Balaban J connectivity index is 1.49. The first-order valence-corrected chi connectivity index (χ1v) is 10.8. The van der Waals surface area contributed by atoms with Crippen molar-refractivity contribution in [2.24, 2.45) is 11.3 Å². The minimum absolute atomic E-state index is 0.150. The number of aliphatic hydroxyl groups excluding tert-OH is 1. The van der Waals surface area contributed by atoms with Crippen LogP contribution in [-0.2, 0) is 6.42 Å². The van der Waals surface area contributed by atoms with E-state index in [1.54, 1.807) is 24.3 Å². The fraction of sp³-hybridized carbons (Fsp3) is 0.308. The van der Waals surface area contributed by atoms with E-state index in [1.807, 2.05) is 29.1 Å². The van der Waals surface area contributed by atoms with Gasteiger partial charge in [-0.15, -0.1) is 0 Å². The van der Waals surface area contributed by atoms with Crippen LogP contribution in [0.4, 0.5) is 4.39 Å². The summed E-state index contributed by atoms with van der Waals surface area (Å²) in [4.78, 5) is 13.0. The van der Waals surface area contributed by atoms with Crippen LogP contribution in [0.5, 0.6) is 0 Å². The van der Waals surface area contributed by atoms with Crippen molar-refractivity contribution in [3.63, 3.8) is 0 Å². The number of Topliss-reactive ketones (excluding diaryl/α,β-unsaturated/α-hetero) is 1. The second kappa shape index (κ2) is 7.57. The number of allylic oxidation sites excluding steroid dienone is 1. The van der Waals surface area contributed by atoms with Crippen LogP contribution in [0.15, 0.2) is 66.4 Å². The molecule has 1 heterocycles. The number of fused-ring (bicyclic) bond motifs is 2. The van der Waals surface area contributed by atoms with Crippen molar-refractivity contribution in [1.29, 1.82) is 0 Å². The SMILES string of the molecule is CC12Cc3cnn(-c4ccc(F)cc4)c3C=C1CCC[C@@H]2[C@@H](O)C(=O)c1ccccc1. The van der Waals surface area contributed by atoms with Crippen molar-refractivity contribution >= 4 is 11.9 Å². The number of hydrogen-bond acceptors (Lipinski definition) is 3. The van der Waals surface area contributed by atoms with Gasteiger partial charge in [0.05, 0.1) is 17.6 Å². The molecule has 158 valence electrons. The van der Waals surface area contributed by atoms with Gasteiger partial charge in [0, 0.05) is 11.5 Å². The van der Waals surface area contributed by atoms with Crippen molar-refractivity contribution in [2.75, 3.05) is 0 Å². The summed E-state index contributed by atoms with van der Waals surface area (Å²) in [5.41, 5.74) is 4.40. The Hall–Kier alpha value is -3.05. The maximum atomic E-state index is 13.4. The van der Waals surface area contributed by atoms with E-state index in [-0.39, 0.29) is 22.9 Å². The quantitative estimate of drug-likeness (QED) is 0.609. The number of aliphatic hydroxyl groups is 1. The van der Waals surface area contributed by atoms with Crippen LogP contribution >= 0.6 is 0 Å². The predicted octanol–water partition coefficient (Wildman–Crippen LogP) is 5.00. The van der Waals surface area contributed by atoms with Crippen LogP contribution < -0.4 is 0 Å². The number of nitrogens with zero attached hydrogens (tertiary/aromatic N) is 2. The van der Waals surface area contributed by atoms with Gasteiger partial charge >= 0.3 is 0 Å². The zero-order valence-electron chi connectivity index (χ0n) is 17.5. The van der Waals surface area contributed by atoms with Gasteiger partial charge in [0.25, 0.3) is 0 Å². The van der Waals surface area contributed by atoms with Gasteiger partial charge in [-0.3, -0.25) is 4.79 Å². The fourth-order valence-corrected chi connectivity index (χ4v) is 5.33. The molecule has 1 aromatic heterocycles. The Morgan fingerprint density at radius 1 is 1.19 bits per heavy atom. The average molecular weight is 416 g/mol. The summed E-state index contributed by atoms with van der Waals surface area (Å²) in [5, 5.41) is 15.7. The molecule has 0 spiro atoms. The molecule has 1 fully saturated rings. The maximum Gasteiger partial charge on any atom is 0.191 e. The molecule has 1 unspecified atom stereocenters. The van der Waals surface area contributed by atoms with Gasteiger partial charge in [0.15, 0.2) is 5.78 Å². The molecular formula is C26H25FN2O2. The number of halogens is 1. The topological polar surface area (TPSA) is 55.1 Å². The van der Waals surface area contributed by atoms with E-state index in [0.717, 1.165) is 42.6 Å². The zero-order valence-corrected chi connectivity index (χ0v) is 17.5. The lowest BCUT2D eigenvalue weighted by Gasteiger charge is -2.47. The first kappa shape index (κ1) is 19.9. The number of hydrogen-bond donors (Lipinski definition) is 1. The lowest BCUT2D eigenvalue weighted by atomic mass is 9.57. The van der Waals surface area contributed by atoms with Gasteiger partial charge in [-0.1, -0.05) is 42.8 Å². The highest BCUT2D eigenvalue weighted by molar-refractivity contribution is 5.99. The van der Waals surface area contributed by atoms with Crippen molar-refractivity contribution < 1.29 is 14.3 Å². The summed E-state index contributed by atoms with van der Waals surface area (Å²) in [5.74, 6) is -0.633. The lowest BCUT2D eigenvalue weighted by molar-refractivity contribution is 0.0230. The molecule has 0 aliphatic heterocycles. The van der Waals surface area contributed by atoms with E-state index in [0.29, 0.717) is 5.56 Å². The Kier molecular flexibility index (Phi) is 4.86. The molecule has 2 aromatic carbocycles. The number of aromatic nitrogens is 2. The van der Waals surface area contributed by atoms with Crippen molar-refractivity contribution in [3.05, 3.63) is 89.0 Å². The third-order valence-corrected chi connectivity index (χ3v) is 7.05. The van der Waals surface area contributed by atoms with Gasteiger partial charge in [0.1, 0.15) is 11.9 Å². The van der Waals surface area contributed by atoms with Crippen LogP contribution in [0.3, 0.4) is 0 Å². The monoisotopic (exact) mass is 416 g/mol. The molecule has 5 heteroatoms. The molecule has 2 aliphatic rings. The summed E-state index contributed by atoms with van der Waals surface area (Å²) in [6.45, 7) is 2.17. The van der Waals surface area contributed by atoms with Crippen molar-refractivity contribution in [1.82, 2.24) is 9.78 Å². The van der Waals surface area contributed by atoms with Crippen LogP contribution in [-0.4, -0.2) is 26.8 Å². The standard InChI is InChI=1S/C26H25FN2O2/c1-26-15-18-16-28-29(21-12-10-20(27)11-13-21)23(18)14-19(26)8-5-9-22(26)25(31)24(30)17-6-3-2-4-7-17/h2-4,6-7,10-14,16,22,25,31H,5,8-9,15H2,1H3/t22-,25-,26?/m1/s1. The molecule has 0 saturated heterocycles. The normalized spacial score (nSPS) is 23.5.